The standard InChI is InChI=1S/C11H16ClNOS/c1-3-9-4-5-10(15-9)11(14)13-8(2)6-7-12/h4-5,8H,3,6-7H2,1-2H3,(H,13,14). The first-order chi connectivity index (χ1) is 7.17. The van der Waals surface area contributed by atoms with E-state index < -0.39 is 0 Å². The highest BCUT2D eigenvalue weighted by atomic mass is 35.5. The zero-order valence-electron chi connectivity index (χ0n) is 9.05. The Labute approximate surface area is 99.6 Å². The van der Waals surface area contributed by atoms with Gasteiger partial charge in [-0.1, -0.05) is 6.92 Å². The smallest absolute Gasteiger partial charge is 0.261 e. The molecule has 1 rings (SSSR count). The van der Waals surface area contributed by atoms with Crippen LogP contribution < -0.4 is 5.32 Å². The van der Waals surface area contributed by atoms with E-state index in [1.165, 1.54) is 4.88 Å². The molecule has 1 heterocycles. The Kier molecular flexibility index (Phi) is 5.12. The molecule has 1 atom stereocenters. The number of amides is 1. The minimum atomic E-state index is 0.0114. The molecule has 0 spiro atoms. The summed E-state index contributed by atoms with van der Waals surface area (Å²) in [6, 6.07) is 4.03. The second-order valence-corrected chi connectivity index (χ2v) is 5.02. The first kappa shape index (κ1) is 12.5. The Morgan fingerprint density at radius 1 is 1.60 bits per heavy atom. The summed E-state index contributed by atoms with van der Waals surface area (Å²) in [5.41, 5.74) is 0. The topological polar surface area (TPSA) is 29.1 Å². The van der Waals surface area contributed by atoms with E-state index in [4.69, 9.17) is 11.6 Å². The molecule has 0 saturated heterocycles. The van der Waals surface area contributed by atoms with E-state index in [9.17, 15) is 4.79 Å². The molecule has 1 amide bonds. The minimum Gasteiger partial charge on any atom is -0.349 e. The largest absolute Gasteiger partial charge is 0.349 e. The third kappa shape index (κ3) is 3.84. The van der Waals surface area contributed by atoms with Crippen molar-refractivity contribution in [3.8, 4) is 0 Å². The van der Waals surface area contributed by atoms with Gasteiger partial charge in [-0.05, 0) is 31.9 Å². The van der Waals surface area contributed by atoms with E-state index in [1.54, 1.807) is 11.3 Å². The number of rotatable bonds is 5. The molecule has 4 heteroatoms. The van der Waals surface area contributed by atoms with Gasteiger partial charge in [0.15, 0.2) is 0 Å². The fourth-order valence-electron chi connectivity index (χ4n) is 1.22. The number of hydrogen-bond acceptors (Lipinski definition) is 2. The second-order valence-electron chi connectivity index (χ2n) is 3.47. The van der Waals surface area contributed by atoms with Crippen LogP contribution in [0.5, 0.6) is 0 Å². The van der Waals surface area contributed by atoms with Crippen LogP contribution in [-0.2, 0) is 6.42 Å². The lowest BCUT2D eigenvalue weighted by molar-refractivity contribution is 0.0943. The molecule has 0 saturated carbocycles. The fourth-order valence-corrected chi connectivity index (χ4v) is 2.40. The van der Waals surface area contributed by atoms with Gasteiger partial charge in [0.2, 0.25) is 0 Å². The predicted molar refractivity (Wildman–Crippen MR) is 66.0 cm³/mol. The maximum Gasteiger partial charge on any atom is 0.261 e. The predicted octanol–water partition coefficient (Wildman–Crippen LogP) is 3.06. The molecule has 1 aromatic rings. The SMILES string of the molecule is CCc1ccc(C(=O)NC(C)CCCl)s1. The highest BCUT2D eigenvalue weighted by molar-refractivity contribution is 7.14. The molecule has 2 nitrogen and oxygen atoms in total. The van der Waals surface area contributed by atoms with Gasteiger partial charge < -0.3 is 5.32 Å². The van der Waals surface area contributed by atoms with Crippen molar-refractivity contribution in [2.75, 3.05) is 5.88 Å². The molecule has 84 valence electrons. The van der Waals surface area contributed by atoms with Gasteiger partial charge in [0.05, 0.1) is 4.88 Å². The number of nitrogens with one attached hydrogen (secondary N) is 1. The van der Waals surface area contributed by atoms with E-state index in [0.29, 0.717) is 5.88 Å². The summed E-state index contributed by atoms with van der Waals surface area (Å²) in [4.78, 5) is 13.7. The number of thiophene rings is 1. The number of carbonyl (C=O) groups excluding carboxylic acids is 1. The molecule has 0 radical (unpaired) electrons. The lowest BCUT2D eigenvalue weighted by Gasteiger charge is -2.10. The Morgan fingerprint density at radius 2 is 2.33 bits per heavy atom. The quantitative estimate of drug-likeness (QED) is 0.794. The van der Waals surface area contributed by atoms with Gasteiger partial charge in [-0.3, -0.25) is 4.79 Å². The maximum atomic E-state index is 11.7. The first-order valence-corrected chi connectivity index (χ1v) is 6.48. The fraction of sp³-hybridized carbons (Fsp3) is 0.545. The molecular formula is C11H16ClNOS. The van der Waals surface area contributed by atoms with Crippen molar-refractivity contribution in [1.82, 2.24) is 5.32 Å². The molecule has 0 fully saturated rings. The maximum absolute atomic E-state index is 11.7. The molecule has 15 heavy (non-hydrogen) atoms. The third-order valence-corrected chi connectivity index (χ3v) is 3.60. The van der Waals surface area contributed by atoms with Crippen molar-refractivity contribution < 1.29 is 4.79 Å². The van der Waals surface area contributed by atoms with Gasteiger partial charge in [0.25, 0.3) is 5.91 Å². The summed E-state index contributed by atoms with van der Waals surface area (Å²) in [7, 11) is 0. The van der Waals surface area contributed by atoms with Crippen LogP contribution in [0.1, 0.15) is 34.8 Å². The summed E-state index contributed by atoms with van der Waals surface area (Å²) >= 11 is 7.16. The third-order valence-electron chi connectivity index (χ3n) is 2.15. The number of hydrogen-bond donors (Lipinski definition) is 1. The van der Waals surface area contributed by atoms with Crippen LogP contribution in [0.25, 0.3) is 0 Å². The van der Waals surface area contributed by atoms with Crippen LogP contribution in [0.2, 0.25) is 0 Å². The average Bonchev–Trinajstić information content (AvgIpc) is 2.66. The van der Waals surface area contributed by atoms with Gasteiger partial charge in [-0.2, -0.15) is 0 Å². The van der Waals surface area contributed by atoms with E-state index in [0.717, 1.165) is 17.7 Å². The van der Waals surface area contributed by atoms with Crippen molar-refractivity contribution in [1.29, 1.82) is 0 Å². The zero-order chi connectivity index (χ0) is 11.3. The van der Waals surface area contributed by atoms with Crippen LogP contribution in [0, 0.1) is 0 Å². The second kappa shape index (κ2) is 6.13. The van der Waals surface area contributed by atoms with Gasteiger partial charge in [-0.25, -0.2) is 0 Å². The number of alkyl halides is 1. The van der Waals surface area contributed by atoms with Crippen LogP contribution in [0.4, 0.5) is 0 Å². The zero-order valence-corrected chi connectivity index (χ0v) is 10.6. The number of halogens is 1. The lowest BCUT2D eigenvalue weighted by Crippen LogP contribution is -2.32. The van der Waals surface area contributed by atoms with Crippen LogP contribution in [0.3, 0.4) is 0 Å². The van der Waals surface area contributed by atoms with E-state index in [2.05, 4.69) is 12.2 Å². The van der Waals surface area contributed by atoms with E-state index in [1.807, 2.05) is 19.1 Å². The van der Waals surface area contributed by atoms with Crippen molar-refractivity contribution in [3.63, 3.8) is 0 Å². The van der Waals surface area contributed by atoms with Gasteiger partial charge in [-0.15, -0.1) is 22.9 Å². The Bertz CT molecular complexity index is 324. The Hall–Kier alpha value is -0.540. The van der Waals surface area contributed by atoms with Gasteiger partial charge >= 0.3 is 0 Å². The van der Waals surface area contributed by atoms with Crippen LogP contribution >= 0.6 is 22.9 Å². The molecule has 1 aromatic heterocycles. The summed E-state index contributed by atoms with van der Waals surface area (Å²) in [5.74, 6) is 0.587. The lowest BCUT2D eigenvalue weighted by atomic mass is 10.2. The van der Waals surface area contributed by atoms with Crippen LogP contribution in [-0.4, -0.2) is 17.8 Å². The Balaban J connectivity index is 2.53. The number of carbonyl (C=O) groups is 1. The van der Waals surface area contributed by atoms with Crippen molar-refractivity contribution >= 4 is 28.8 Å². The van der Waals surface area contributed by atoms with Crippen molar-refractivity contribution in [2.45, 2.75) is 32.7 Å². The minimum absolute atomic E-state index is 0.0114. The highest BCUT2D eigenvalue weighted by Gasteiger charge is 2.11. The first-order valence-electron chi connectivity index (χ1n) is 5.13. The molecular weight excluding hydrogens is 230 g/mol. The Morgan fingerprint density at radius 3 is 2.87 bits per heavy atom. The van der Waals surface area contributed by atoms with E-state index in [-0.39, 0.29) is 11.9 Å². The summed E-state index contributed by atoms with van der Waals surface area (Å²) < 4.78 is 0. The summed E-state index contributed by atoms with van der Waals surface area (Å²) in [6.07, 6.45) is 1.79. The molecule has 1 unspecified atom stereocenters. The highest BCUT2D eigenvalue weighted by Crippen LogP contribution is 2.16. The normalized spacial score (nSPS) is 12.5. The molecule has 0 aromatic carbocycles. The van der Waals surface area contributed by atoms with Crippen LogP contribution in [0.15, 0.2) is 12.1 Å². The van der Waals surface area contributed by atoms with Gasteiger partial charge in [0, 0.05) is 16.8 Å². The summed E-state index contributed by atoms with van der Waals surface area (Å²) in [6.45, 7) is 4.05. The number of aryl methyl sites for hydroxylation is 1. The summed E-state index contributed by atoms with van der Waals surface area (Å²) in [5, 5.41) is 2.92. The molecule has 0 aliphatic heterocycles. The average molecular weight is 246 g/mol. The van der Waals surface area contributed by atoms with Crippen molar-refractivity contribution in [3.05, 3.63) is 21.9 Å². The monoisotopic (exact) mass is 245 g/mol. The van der Waals surface area contributed by atoms with Crippen molar-refractivity contribution in [2.24, 2.45) is 0 Å². The molecule has 1 N–H and O–H groups in total. The molecule has 0 aliphatic carbocycles. The van der Waals surface area contributed by atoms with E-state index >= 15 is 0 Å². The molecule has 0 aliphatic rings. The van der Waals surface area contributed by atoms with Gasteiger partial charge in [0.1, 0.15) is 0 Å². The molecule has 0 bridgehead atoms.